The molecule has 2 atom stereocenters. The summed E-state index contributed by atoms with van der Waals surface area (Å²) in [5.74, 6) is -1.60. The Bertz CT molecular complexity index is 772. The Morgan fingerprint density at radius 1 is 1.43 bits per heavy atom. The molecule has 0 aromatic carbocycles. The van der Waals surface area contributed by atoms with Gasteiger partial charge in [0.05, 0.1) is 11.5 Å². The first-order valence-corrected chi connectivity index (χ1v) is 7.64. The van der Waals surface area contributed by atoms with E-state index in [1.54, 1.807) is 19.2 Å². The summed E-state index contributed by atoms with van der Waals surface area (Å²) in [6.45, 7) is 3.62. The number of nitrogens with one attached hydrogen (secondary N) is 1. The molecule has 0 spiro atoms. The number of nitrogens with zero attached hydrogens (tertiary/aromatic N) is 4. The second kappa shape index (κ2) is 5.60. The van der Waals surface area contributed by atoms with Gasteiger partial charge in [0, 0.05) is 11.9 Å². The van der Waals surface area contributed by atoms with Gasteiger partial charge in [0.15, 0.2) is 0 Å². The average Bonchev–Trinajstić information content (AvgIpc) is 2.92. The highest BCUT2D eigenvalue weighted by atomic mass is 16.4. The minimum Gasteiger partial charge on any atom is -0.481 e. The first kappa shape index (κ1) is 15.4. The van der Waals surface area contributed by atoms with Gasteiger partial charge in [-0.1, -0.05) is 12.8 Å². The number of carbonyl (C=O) groups excluding carboxylic acids is 1. The zero-order chi connectivity index (χ0) is 16.6. The summed E-state index contributed by atoms with van der Waals surface area (Å²) in [5, 5.41) is 16.4. The van der Waals surface area contributed by atoms with E-state index in [9.17, 15) is 14.7 Å². The topological polar surface area (TPSA) is 109 Å². The molecule has 0 radical (unpaired) electrons. The van der Waals surface area contributed by atoms with E-state index in [0.29, 0.717) is 18.6 Å². The van der Waals surface area contributed by atoms with Crippen molar-refractivity contribution in [2.45, 2.75) is 45.1 Å². The van der Waals surface area contributed by atoms with Crippen LogP contribution < -0.4 is 5.32 Å². The first-order chi connectivity index (χ1) is 10.9. The van der Waals surface area contributed by atoms with Crippen LogP contribution in [0.4, 0.5) is 0 Å². The van der Waals surface area contributed by atoms with E-state index in [1.165, 1.54) is 4.52 Å². The SMILES string of the molecule is Cc1ccnc2nc(C(=O)NC3(C)CCCCC3C(=O)O)nn12. The van der Waals surface area contributed by atoms with Crippen LogP contribution in [0.3, 0.4) is 0 Å². The van der Waals surface area contributed by atoms with Crippen LogP contribution in [0.15, 0.2) is 12.3 Å². The summed E-state index contributed by atoms with van der Waals surface area (Å²) in [4.78, 5) is 32.2. The fraction of sp³-hybridized carbons (Fsp3) is 0.533. The predicted octanol–water partition coefficient (Wildman–Crippen LogP) is 1.20. The molecule has 1 aliphatic rings. The minimum atomic E-state index is -0.882. The van der Waals surface area contributed by atoms with Gasteiger partial charge in [-0.15, -0.1) is 5.10 Å². The lowest BCUT2D eigenvalue weighted by molar-refractivity contribution is -0.145. The van der Waals surface area contributed by atoms with Gasteiger partial charge in [0.25, 0.3) is 11.7 Å². The second-order valence-corrected chi connectivity index (χ2v) is 6.24. The Labute approximate surface area is 132 Å². The zero-order valence-corrected chi connectivity index (χ0v) is 13.1. The number of hydrogen-bond donors (Lipinski definition) is 2. The standard InChI is InChI=1S/C15H19N5O3/c1-9-6-8-16-14-17-11(19-20(9)14)12(21)18-15(2)7-4-3-5-10(15)13(22)23/h6,8,10H,3-5,7H2,1-2H3,(H,18,21)(H,22,23). The third-order valence-electron chi connectivity index (χ3n) is 4.54. The molecular weight excluding hydrogens is 298 g/mol. The molecule has 3 rings (SSSR count). The lowest BCUT2D eigenvalue weighted by Gasteiger charge is -2.39. The van der Waals surface area contributed by atoms with Crippen LogP contribution in [0, 0.1) is 12.8 Å². The van der Waals surface area contributed by atoms with Crippen LogP contribution in [0.25, 0.3) is 5.78 Å². The summed E-state index contributed by atoms with van der Waals surface area (Å²) in [7, 11) is 0. The second-order valence-electron chi connectivity index (χ2n) is 6.24. The summed E-state index contributed by atoms with van der Waals surface area (Å²) in [6.07, 6.45) is 4.54. The molecular formula is C15H19N5O3. The van der Waals surface area contributed by atoms with Gasteiger partial charge in [-0.3, -0.25) is 9.59 Å². The molecule has 2 aromatic rings. The monoisotopic (exact) mass is 317 g/mol. The molecule has 1 aliphatic carbocycles. The molecule has 1 saturated carbocycles. The molecule has 2 unspecified atom stereocenters. The first-order valence-electron chi connectivity index (χ1n) is 7.64. The van der Waals surface area contributed by atoms with Crippen molar-refractivity contribution >= 4 is 17.7 Å². The Balaban J connectivity index is 1.87. The highest BCUT2D eigenvalue weighted by molar-refractivity contribution is 5.92. The molecule has 2 aromatic heterocycles. The Morgan fingerprint density at radius 3 is 2.91 bits per heavy atom. The van der Waals surface area contributed by atoms with Gasteiger partial charge in [-0.25, -0.2) is 9.50 Å². The van der Waals surface area contributed by atoms with E-state index in [-0.39, 0.29) is 5.82 Å². The lowest BCUT2D eigenvalue weighted by atomic mass is 9.74. The normalized spacial score (nSPS) is 24.5. The fourth-order valence-electron chi connectivity index (χ4n) is 3.20. The third kappa shape index (κ3) is 2.76. The smallest absolute Gasteiger partial charge is 0.308 e. The maximum absolute atomic E-state index is 12.5. The molecule has 0 saturated heterocycles. The summed E-state index contributed by atoms with van der Waals surface area (Å²) in [6, 6.07) is 1.77. The lowest BCUT2D eigenvalue weighted by Crippen LogP contribution is -2.55. The Morgan fingerprint density at radius 2 is 2.22 bits per heavy atom. The van der Waals surface area contributed by atoms with Gasteiger partial charge in [-0.2, -0.15) is 4.98 Å². The van der Waals surface area contributed by atoms with Crippen molar-refractivity contribution in [3.05, 3.63) is 23.8 Å². The van der Waals surface area contributed by atoms with E-state index in [2.05, 4.69) is 20.4 Å². The number of carboxylic acids is 1. The highest BCUT2D eigenvalue weighted by Crippen LogP contribution is 2.34. The summed E-state index contributed by atoms with van der Waals surface area (Å²) in [5.41, 5.74) is 0.0232. The number of aryl methyl sites for hydroxylation is 1. The van der Waals surface area contributed by atoms with Crippen molar-refractivity contribution in [3.63, 3.8) is 0 Å². The molecule has 23 heavy (non-hydrogen) atoms. The highest BCUT2D eigenvalue weighted by Gasteiger charge is 2.42. The van der Waals surface area contributed by atoms with E-state index in [1.807, 2.05) is 6.92 Å². The van der Waals surface area contributed by atoms with E-state index in [4.69, 9.17) is 0 Å². The number of rotatable bonds is 3. The van der Waals surface area contributed by atoms with Gasteiger partial charge in [-0.05, 0) is 32.8 Å². The number of aliphatic carboxylic acids is 1. The van der Waals surface area contributed by atoms with E-state index in [0.717, 1.165) is 18.5 Å². The number of fused-ring (bicyclic) bond motifs is 1. The van der Waals surface area contributed by atoms with Crippen LogP contribution in [-0.4, -0.2) is 42.1 Å². The quantitative estimate of drug-likeness (QED) is 0.880. The van der Waals surface area contributed by atoms with Crippen LogP contribution in [0.2, 0.25) is 0 Å². The predicted molar refractivity (Wildman–Crippen MR) is 81.0 cm³/mol. The van der Waals surface area contributed by atoms with Gasteiger partial charge < -0.3 is 10.4 Å². The number of carbonyl (C=O) groups is 2. The molecule has 1 fully saturated rings. The number of hydrogen-bond acceptors (Lipinski definition) is 5. The Kier molecular flexibility index (Phi) is 3.75. The van der Waals surface area contributed by atoms with Crippen molar-refractivity contribution in [1.29, 1.82) is 0 Å². The average molecular weight is 317 g/mol. The van der Waals surface area contributed by atoms with Crippen molar-refractivity contribution < 1.29 is 14.7 Å². The van der Waals surface area contributed by atoms with Crippen molar-refractivity contribution in [2.24, 2.45) is 5.92 Å². The fourth-order valence-corrected chi connectivity index (χ4v) is 3.20. The van der Waals surface area contributed by atoms with Crippen LogP contribution >= 0.6 is 0 Å². The van der Waals surface area contributed by atoms with Crippen LogP contribution in [0.1, 0.15) is 48.9 Å². The van der Waals surface area contributed by atoms with Gasteiger partial charge in [0.1, 0.15) is 0 Å². The maximum atomic E-state index is 12.5. The van der Waals surface area contributed by atoms with Crippen molar-refractivity contribution in [3.8, 4) is 0 Å². The minimum absolute atomic E-state index is 0.00253. The number of carboxylic acid groups (broad SMARTS) is 1. The van der Waals surface area contributed by atoms with Crippen LogP contribution in [0.5, 0.6) is 0 Å². The molecule has 0 bridgehead atoms. The Hall–Kier alpha value is -2.51. The van der Waals surface area contributed by atoms with E-state index < -0.39 is 23.3 Å². The zero-order valence-electron chi connectivity index (χ0n) is 13.1. The number of amides is 1. The third-order valence-corrected chi connectivity index (χ3v) is 4.54. The summed E-state index contributed by atoms with van der Waals surface area (Å²) >= 11 is 0. The molecule has 1 amide bonds. The van der Waals surface area contributed by atoms with Crippen LogP contribution in [-0.2, 0) is 4.79 Å². The van der Waals surface area contributed by atoms with E-state index >= 15 is 0 Å². The number of aromatic nitrogens is 4. The molecule has 2 heterocycles. The molecule has 122 valence electrons. The maximum Gasteiger partial charge on any atom is 0.308 e. The van der Waals surface area contributed by atoms with Crippen molar-refractivity contribution in [1.82, 2.24) is 24.9 Å². The van der Waals surface area contributed by atoms with Gasteiger partial charge >= 0.3 is 5.97 Å². The van der Waals surface area contributed by atoms with Crippen molar-refractivity contribution in [2.75, 3.05) is 0 Å². The molecule has 0 aliphatic heterocycles. The summed E-state index contributed by atoms with van der Waals surface area (Å²) < 4.78 is 1.49. The van der Waals surface area contributed by atoms with Gasteiger partial charge in [0.2, 0.25) is 5.82 Å². The molecule has 8 heteroatoms. The molecule has 2 N–H and O–H groups in total. The largest absolute Gasteiger partial charge is 0.481 e. The molecule has 8 nitrogen and oxygen atoms in total.